The Morgan fingerprint density at radius 3 is 2.72 bits per heavy atom. The summed E-state index contributed by atoms with van der Waals surface area (Å²) in [6, 6.07) is 3.56. The van der Waals surface area contributed by atoms with E-state index in [9.17, 15) is 9.18 Å². The number of hydrogen-bond acceptors (Lipinski definition) is 4. The molecule has 0 aliphatic heterocycles. The molecule has 0 bridgehead atoms. The third kappa shape index (κ3) is 2.32. The second-order valence-corrected chi connectivity index (χ2v) is 3.77. The summed E-state index contributed by atoms with van der Waals surface area (Å²) >= 11 is 0. The number of carbonyl (C=O) groups excluding carboxylic acids is 1. The minimum atomic E-state index is -0.807. The van der Waals surface area contributed by atoms with Crippen LogP contribution >= 0.6 is 0 Å². The molecule has 2 N–H and O–H groups in total. The van der Waals surface area contributed by atoms with E-state index >= 15 is 0 Å². The molecule has 1 aromatic heterocycles. The molecule has 5 nitrogen and oxygen atoms in total. The maximum Gasteiger partial charge on any atom is 0.293 e. The summed E-state index contributed by atoms with van der Waals surface area (Å²) < 4.78 is 18.2. The van der Waals surface area contributed by atoms with Crippen LogP contribution in [0.2, 0.25) is 0 Å². The van der Waals surface area contributed by atoms with Crippen molar-refractivity contribution < 1.29 is 18.7 Å². The van der Waals surface area contributed by atoms with Gasteiger partial charge in [-0.2, -0.15) is 0 Å². The van der Waals surface area contributed by atoms with E-state index in [-0.39, 0.29) is 11.4 Å². The van der Waals surface area contributed by atoms with Gasteiger partial charge in [0, 0.05) is 18.7 Å². The first kappa shape index (κ1) is 12.1. The van der Waals surface area contributed by atoms with E-state index in [1.165, 1.54) is 6.07 Å². The van der Waals surface area contributed by atoms with Gasteiger partial charge in [-0.15, -0.1) is 0 Å². The van der Waals surface area contributed by atoms with E-state index in [2.05, 4.69) is 10.3 Å². The van der Waals surface area contributed by atoms with Gasteiger partial charge in [0.05, 0.1) is 5.69 Å². The Balaban J connectivity index is 2.21. The summed E-state index contributed by atoms with van der Waals surface area (Å²) in [7, 11) is 0. The van der Waals surface area contributed by atoms with Gasteiger partial charge in [0.25, 0.3) is 5.91 Å². The Morgan fingerprint density at radius 1 is 1.44 bits per heavy atom. The summed E-state index contributed by atoms with van der Waals surface area (Å²) in [6.07, 6.45) is 0. The fourth-order valence-corrected chi connectivity index (χ4v) is 1.51. The van der Waals surface area contributed by atoms with Gasteiger partial charge in [-0.3, -0.25) is 4.79 Å². The normalized spacial score (nSPS) is 10.4. The minimum absolute atomic E-state index is 0.0842. The molecule has 0 aliphatic carbocycles. The summed E-state index contributed by atoms with van der Waals surface area (Å²) in [6.45, 7) is 3.27. The van der Waals surface area contributed by atoms with Crippen molar-refractivity contribution in [3.8, 4) is 5.75 Å². The first-order valence-corrected chi connectivity index (χ1v) is 5.21. The fourth-order valence-electron chi connectivity index (χ4n) is 1.51. The largest absolute Gasteiger partial charge is 0.505 e. The molecule has 0 fully saturated rings. The summed E-state index contributed by atoms with van der Waals surface area (Å²) in [4.78, 5) is 15.8. The molecule has 1 aromatic carbocycles. The first-order valence-electron chi connectivity index (χ1n) is 5.21. The quantitative estimate of drug-likeness (QED) is 0.802. The second kappa shape index (κ2) is 4.48. The van der Waals surface area contributed by atoms with Crippen molar-refractivity contribution in [2.75, 3.05) is 5.32 Å². The van der Waals surface area contributed by atoms with E-state index in [1.54, 1.807) is 13.8 Å². The molecule has 0 spiro atoms. The number of aromatic hydroxyl groups is 1. The van der Waals surface area contributed by atoms with Crippen molar-refractivity contribution in [3.63, 3.8) is 0 Å². The van der Waals surface area contributed by atoms with Gasteiger partial charge in [0.2, 0.25) is 5.76 Å². The maximum atomic E-state index is 13.1. The number of nitrogens with zero attached hydrogens (tertiary/aromatic N) is 1. The lowest BCUT2D eigenvalue weighted by molar-refractivity contribution is 0.0994. The number of phenols is 1. The lowest BCUT2D eigenvalue weighted by Gasteiger charge is -2.04. The van der Waals surface area contributed by atoms with Gasteiger partial charge in [0.15, 0.2) is 17.5 Å². The Bertz CT molecular complexity index is 607. The highest BCUT2D eigenvalue weighted by molar-refractivity contribution is 6.02. The highest BCUT2D eigenvalue weighted by Crippen LogP contribution is 2.20. The number of halogens is 1. The number of aryl methyl sites for hydroxylation is 2. The predicted molar refractivity (Wildman–Crippen MR) is 62.0 cm³/mol. The van der Waals surface area contributed by atoms with Crippen LogP contribution < -0.4 is 5.32 Å². The van der Waals surface area contributed by atoms with Crippen LogP contribution in [0.3, 0.4) is 0 Å². The molecule has 2 aromatic rings. The molecule has 6 heteroatoms. The molecule has 0 saturated carbocycles. The van der Waals surface area contributed by atoms with E-state index < -0.39 is 17.5 Å². The van der Waals surface area contributed by atoms with E-state index in [4.69, 9.17) is 9.52 Å². The molecule has 0 aliphatic rings. The molecule has 18 heavy (non-hydrogen) atoms. The van der Waals surface area contributed by atoms with Gasteiger partial charge >= 0.3 is 0 Å². The molecule has 0 unspecified atom stereocenters. The Labute approximate surface area is 102 Å². The van der Waals surface area contributed by atoms with Crippen molar-refractivity contribution in [2.24, 2.45) is 0 Å². The van der Waals surface area contributed by atoms with Crippen LogP contribution in [-0.2, 0) is 0 Å². The summed E-state index contributed by atoms with van der Waals surface area (Å²) in [5.74, 6) is -1.33. The van der Waals surface area contributed by atoms with Crippen molar-refractivity contribution in [3.05, 3.63) is 41.4 Å². The van der Waals surface area contributed by atoms with Crippen molar-refractivity contribution >= 4 is 11.6 Å². The molecule has 1 heterocycles. The van der Waals surface area contributed by atoms with Crippen molar-refractivity contribution in [1.82, 2.24) is 4.98 Å². The van der Waals surface area contributed by atoms with Gasteiger partial charge in [-0.1, -0.05) is 0 Å². The Kier molecular flexibility index (Phi) is 3.01. The lowest BCUT2D eigenvalue weighted by atomic mass is 10.2. The highest BCUT2D eigenvalue weighted by atomic mass is 19.1. The first-order chi connectivity index (χ1) is 8.47. The fraction of sp³-hybridized carbons (Fsp3) is 0.167. The number of hydrogen-bond donors (Lipinski definition) is 2. The van der Waals surface area contributed by atoms with Crippen molar-refractivity contribution in [2.45, 2.75) is 13.8 Å². The van der Waals surface area contributed by atoms with E-state index in [0.29, 0.717) is 11.6 Å². The van der Waals surface area contributed by atoms with Gasteiger partial charge in [-0.05, 0) is 19.1 Å². The topological polar surface area (TPSA) is 75.4 Å². The zero-order valence-corrected chi connectivity index (χ0v) is 9.82. The molecular formula is C12H11FN2O3. The number of benzene rings is 1. The van der Waals surface area contributed by atoms with Crippen LogP contribution in [0.4, 0.5) is 10.1 Å². The third-order valence-electron chi connectivity index (χ3n) is 2.32. The van der Waals surface area contributed by atoms with Crippen LogP contribution in [0.25, 0.3) is 0 Å². The van der Waals surface area contributed by atoms with Gasteiger partial charge in [-0.25, -0.2) is 9.37 Å². The highest BCUT2D eigenvalue weighted by Gasteiger charge is 2.16. The molecule has 2 rings (SSSR count). The zero-order valence-electron chi connectivity index (χ0n) is 9.82. The number of nitrogens with one attached hydrogen (secondary N) is 1. The van der Waals surface area contributed by atoms with Gasteiger partial charge < -0.3 is 14.8 Å². The molecule has 0 radical (unpaired) electrons. The lowest BCUT2D eigenvalue weighted by Crippen LogP contribution is -2.12. The average Bonchev–Trinajstić information content (AvgIpc) is 2.63. The number of oxazole rings is 1. The monoisotopic (exact) mass is 250 g/mol. The van der Waals surface area contributed by atoms with Crippen LogP contribution in [0.5, 0.6) is 5.75 Å². The van der Waals surface area contributed by atoms with E-state index in [1.807, 2.05) is 0 Å². The summed E-state index contributed by atoms with van der Waals surface area (Å²) in [5.41, 5.74) is 0.688. The predicted octanol–water partition coefficient (Wildman–Crippen LogP) is 2.39. The second-order valence-electron chi connectivity index (χ2n) is 3.77. The maximum absolute atomic E-state index is 13.1. The SMILES string of the molecule is Cc1nc(C)c(C(=O)Nc2ccc(O)c(F)c2)o1. The molecule has 0 atom stereocenters. The molecule has 94 valence electrons. The third-order valence-corrected chi connectivity index (χ3v) is 2.32. The van der Waals surface area contributed by atoms with Crippen LogP contribution in [-0.4, -0.2) is 16.0 Å². The minimum Gasteiger partial charge on any atom is -0.505 e. The molecular weight excluding hydrogens is 239 g/mol. The summed E-state index contributed by atoms with van der Waals surface area (Å²) in [5, 5.41) is 11.5. The Hall–Kier alpha value is -2.37. The number of amides is 1. The van der Waals surface area contributed by atoms with Crippen LogP contribution in [0.1, 0.15) is 22.1 Å². The Morgan fingerprint density at radius 2 is 2.17 bits per heavy atom. The standard InChI is InChI=1S/C12H11FN2O3/c1-6-11(18-7(2)14-6)12(17)15-8-3-4-10(16)9(13)5-8/h3-5,16H,1-2H3,(H,15,17). The van der Waals surface area contributed by atoms with Crippen LogP contribution in [0, 0.1) is 19.7 Å². The smallest absolute Gasteiger partial charge is 0.293 e. The number of phenolic OH excluding ortho intramolecular Hbond substituents is 1. The number of rotatable bonds is 2. The average molecular weight is 250 g/mol. The number of anilines is 1. The number of aromatic nitrogens is 1. The van der Waals surface area contributed by atoms with Crippen molar-refractivity contribution in [1.29, 1.82) is 0 Å². The van der Waals surface area contributed by atoms with Crippen LogP contribution in [0.15, 0.2) is 22.6 Å². The zero-order chi connectivity index (χ0) is 13.3. The molecule has 0 saturated heterocycles. The van der Waals surface area contributed by atoms with E-state index in [0.717, 1.165) is 12.1 Å². The number of carbonyl (C=O) groups is 1. The molecule has 1 amide bonds. The van der Waals surface area contributed by atoms with Gasteiger partial charge in [0.1, 0.15) is 0 Å².